The highest BCUT2D eigenvalue weighted by Gasteiger charge is 2.72. The van der Waals surface area contributed by atoms with E-state index in [1.165, 1.54) is 64.2 Å². The Morgan fingerprint density at radius 3 is 2.18 bits per heavy atom. The monoisotopic (exact) mass is 452 g/mol. The van der Waals surface area contributed by atoms with Crippen molar-refractivity contribution in [2.45, 2.75) is 119 Å². The zero-order valence-electron chi connectivity index (χ0n) is 22.9. The maximum atomic E-state index is 6.74. The van der Waals surface area contributed by atoms with Crippen molar-refractivity contribution in [1.29, 1.82) is 0 Å². The lowest BCUT2D eigenvalue weighted by molar-refractivity contribution is -0.246. The van der Waals surface area contributed by atoms with Crippen LogP contribution in [-0.4, -0.2) is 12.7 Å². The highest BCUT2D eigenvalue weighted by atomic mass is 16.5. The Morgan fingerprint density at radius 2 is 1.45 bits per heavy atom. The molecule has 1 heterocycles. The van der Waals surface area contributed by atoms with Gasteiger partial charge in [-0.3, -0.25) is 0 Å². The number of hydrogen-bond donors (Lipinski definition) is 0. The second-order valence-corrected chi connectivity index (χ2v) is 16.0. The minimum absolute atomic E-state index is 0.359. The minimum atomic E-state index is 0.359. The fourth-order valence-electron chi connectivity index (χ4n) is 12.4. The topological polar surface area (TPSA) is 9.23 Å². The highest BCUT2D eigenvalue weighted by molar-refractivity contribution is 5.21. The molecule has 5 saturated carbocycles. The van der Waals surface area contributed by atoms with Crippen molar-refractivity contribution in [3.63, 3.8) is 0 Å². The summed E-state index contributed by atoms with van der Waals surface area (Å²) in [5, 5.41) is 0. The molecular formula is C32H52O. The van der Waals surface area contributed by atoms with Gasteiger partial charge in [-0.05, 0) is 126 Å². The molecule has 10 atom stereocenters. The number of ether oxygens (including phenoxy) is 1. The lowest BCUT2D eigenvalue weighted by Crippen LogP contribution is -2.67. The summed E-state index contributed by atoms with van der Waals surface area (Å²) in [5.41, 5.74) is 2.74. The molecule has 6 rings (SSSR count). The van der Waals surface area contributed by atoms with Crippen molar-refractivity contribution in [2.24, 2.45) is 62.1 Å². The van der Waals surface area contributed by atoms with Crippen LogP contribution >= 0.6 is 0 Å². The summed E-state index contributed by atoms with van der Waals surface area (Å²) < 4.78 is 6.74. The van der Waals surface area contributed by atoms with Crippen molar-refractivity contribution < 1.29 is 4.74 Å². The maximum absolute atomic E-state index is 6.74. The molecule has 5 aliphatic carbocycles. The molecule has 6 fully saturated rings. The van der Waals surface area contributed by atoms with Crippen molar-refractivity contribution in [3.8, 4) is 0 Å². The molecule has 1 nitrogen and oxygen atoms in total. The molecule has 6 aliphatic rings. The number of rotatable bonds is 1. The summed E-state index contributed by atoms with van der Waals surface area (Å²) in [6, 6.07) is 0. The first-order valence-electron chi connectivity index (χ1n) is 14.6. The van der Waals surface area contributed by atoms with E-state index in [4.69, 9.17) is 4.74 Å². The van der Waals surface area contributed by atoms with E-state index in [1.807, 2.05) is 0 Å². The quantitative estimate of drug-likeness (QED) is 0.362. The van der Waals surface area contributed by atoms with Gasteiger partial charge in [0.2, 0.25) is 0 Å². The van der Waals surface area contributed by atoms with E-state index in [-0.39, 0.29) is 0 Å². The number of allylic oxidation sites excluding steroid dienone is 1. The Kier molecular flexibility index (Phi) is 4.70. The van der Waals surface area contributed by atoms with Gasteiger partial charge in [0, 0.05) is 0 Å². The third-order valence-electron chi connectivity index (χ3n) is 14.5. The van der Waals surface area contributed by atoms with E-state index >= 15 is 0 Å². The second kappa shape index (κ2) is 6.72. The first-order chi connectivity index (χ1) is 15.4. The lowest BCUT2D eigenvalue weighted by atomic mass is 9.31. The normalized spacial score (nSPS) is 58.4. The minimum Gasteiger partial charge on any atom is -0.377 e. The molecule has 0 N–H and O–H groups in total. The maximum Gasteiger partial charge on any atom is 0.0663 e. The molecule has 0 aromatic rings. The van der Waals surface area contributed by atoms with E-state index in [2.05, 4.69) is 61.1 Å². The van der Waals surface area contributed by atoms with Crippen molar-refractivity contribution >= 4 is 0 Å². The predicted octanol–water partition coefficient (Wildman–Crippen LogP) is 8.68. The van der Waals surface area contributed by atoms with Gasteiger partial charge in [-0.1, -0.05) is 54.5 Å². The molecule has 0 amide bonds. The fourth-order valence-corrected chi connectivity index (χ4v) is 12.4. The molecular weight excluding hydrogens is 400 g/mol. The second-order valence-electron chi connectivity index (χ2n) is 16.0. The van der Waals surface area contributed by atoms with Crippen LogP contribution in [0.3, 0.4) is 0 Å². The van der Waals surface area contributed by atoms with Gasteiger partial charge in [0.15, 0.2) is 0 Å². The SMILES string of the molecule is C=CC1CC[C@@]2(C)C(CC[C@]3(C)C2CCC2C4C5OCC4(CCC5(C)C)CC[C@]23C)C1(C)C. The van der Waals surface area contributed by atoms with Gasteiger partial charge in [-0.25, -0.2) is 0 Å². The third-order valence-corrected chi connectivity index (χ3v) is 14.5. The Morgan fingerprint density at radius 1 is 0.727 bits per heavy atom. The summed E-state index contributed by atoms with van der Waals surface area (Å²) in [6.45, 7) is 23.8. The summed E-state index contributed by atoms with van der Waals surface area (Å²) in [6.07, 6.45) is 17.1. The molecule has 1 saturated heterocycles. The van der Waals surface area contributed by atoms with E-state index < -0.39 is 0 Å². The van der Waals surface area contributed by atoms with Gasteiger partial charge in [0.05, 0.1) is 12.7 Å². The first-order valence-corrected chi connectivity index (χ1v) is 14.6. The van der Waals surface area contributed by atoms with Crippen LogP contribution in [0.5, 0.6) is 0 Å². The van der Waals surface area contributed by atoms with E-state index in [0.717, 1.165) is 30.3 Å². The Hall–Kier alpha value is -0.300. The van der Waals surface area contributed by atoms with E-state index in [0.29, 0.717) is 44.5 Å². The van der Waals surface area contributed by atoms with Crippen LogP contribution in [0.2, 0.25) is 0 Å². The average molecular weight is 453 g/mol. The molecule has 33 heavy (non-hydrogen) atoms. The third kappa shape index (κ3) is 2.60. The average Bonchev–Trinajstić information content (AvgIpc) is 3.07. The van der Waals surface area contributed by atoms with Gasteiger partial charge >= 0.3 is 0 Å². The molecule has 186 valence electrons. The van der Waals surface area contributed by atoms with Crippen LogP contribution in [0.15, 0.2) is 12.7 Å². The number of hydrogen-bond acceptors (Lipinski definition) is 1. The predicted molar refractivity (Wildman–Crippen MR) is 138 cm³/mol. The largest absolute Gasteiger partial charge is 0.377 e. The van der Waals surface area contributed by atoms with Crippen molar-refractivity contribution in [3.05, 3.63) is 12.7 Å². The Bertz CT molecular complexity index is 839. The first kappa shape index (κ1) is 23.1. The lowest BCUT2D eigenvalue weighted by Gasteiger charge is -2.73. The molecule has 1 heteroatoms. The summed E-state index contributed by atoms with van der Waals surface area (Å²) >= 11 is 0. The molecule has 2 bridgehead atoms. The zero-order chi connectivity index (χ0) is 23.7. The summed E-state index contributed by atoms with van der Waals surface area (Å²) in [4.78, 5) is 0. The Labute approximate surface area is 204 Å². The molecule has 0 spiro atoms. The van der Waals surface area contributed by atoms with Gasteiger partial charge in [0.25, 0.3) is 0 Å². The van der Waals surface area contributed by atoms with Gasteiger partial charge in [-0.2, -0.15) is 0 Å². The van der Waals surface area contributed by atoms with Crippen LogP contribution < -0.4 is 0 Å². The van der Waals surface area contributed by atoms with Gasteiger partial charge in [-0.15, -0.1) is 6.58 Å². The van der Waals surface area contributed by atoms with E-state index in [1.54, 1.807) is 0 Å². The van der Waals surface area contributed by atoms with E-state index in [9.17, 15) is 0 Å². The molecule has 7 unspecified atom stereocenters. The van der Waals surface area contributed by atoms with Gasteiger partial charge in [0.1, 0.15) is 0 Å². The van der Waals surface area contributed by atoms with Crippen LogP contribution in [0.4, 0.5) is 0 Å². The smallest absolute Gasteiger partial charge is 0.0663 e. The molecule has 0 aromatic carbocycles. The van der Waals surface area contributed by atoms with Crippen molar-refractivity contribution in [2.75, 3.05) is 6.61 Å². The van der Waals surface area contributed by atoms with Crippen molar-refractivity contribution in [1.82, 2.24) is 0 Å². The summed E-state index contributed by atoms with van der Waals surface area (Å²) in [5.74, 6) is 4.12. The van der Waals surface area contributed by atoms with Crippen LogP contribution in [0.1, 0.15) is 113 Å². The molecule has 0 radical (unpaired) electrons. The Balaban J connectivity index is 1.39. The highest BCUT2D eigenvalue weighted by Crippen LogP contribution is 2.78. The van der Waals surface area contributed by atoms with Crippen LogP contribution in [-0.2, 0) is 4.74 Å². The molecule has 1 aliphatic heterocycles. The van der Waals surface area contributed by atoms with Crippen LogP contribution in [0, 0.1) is 62.1 Å². The number of fused-ring (bicyclic) bond motifs is 5. The van der Waals surface area contributed by atoms with Crippen LogP contribution in [0.25, 0.3) is 0 Å². The molecule has 0 aromatic heterocycles. The fraction of sp³-hybridized carbons (Fsp3) is 0.938. The van der Waals surface area contributed by atoms with Gasteiger partial charge < -0.3 is 4.74 Å². The summed E-state index contributed by atoms with van der Waals surface area (Å²) in [7, 11) is 0. The standard InChI is InChI=1S/C32H52O/c1-9-21-12-14-29(6)23(28(21,4)5)13-15-31(8)24(29)11-10-22-25-26-27(2,3)16-18-32(25,20-33-26)19-17-30(22,31)7/h9,21-26H,1,10-20H2,2-8H3/t21?,22?,23?,24?,25?,26?,29-,30+,31+,32?/m0/s1. The zero-order valence-corrected chi connectivity index (χ0v) is 22.9.